The summed E-state index contributed by atoms with van der Waals surface area (Å²) in [6, 6.07) is 65.0. The molecule has 3 nitrogen and oxygen atoms in total. The molecule has 0 unspecified atom stereocenters. The van der Waals surface area contributed by atoms with Crippen LogP contribution >= 0.6 is 11.3 Å². The minimum Gasteiger partial charge on any atom is -0.208 e. The molecule has 7 aromatic carbocycles. The third-order valence-corrected chi connectivity index (χ3v) is 12.9. The SMILES string of the molecule is C/C=C(\C(=C/C)c1nc(-c2ccc(-c3c(-c4ccccc4)cc(-c4ccccc4)c(C4=CCCC=C4)c3-c3ccccc3)cc2)nc(-c2cc3ccccc3s2)n1)c1ccccc1. The molecule has 1 aliphatic rings. The van der Waals surface area contributed by atoms with Crippen LogP contribution in [-0.4, -0.2) is 15.0 Å². The van der Waals surface area contributed by atoms with E-state index in [1.807, 2.05) is 6.07 Å². The van der Waals surface area contributed by atoms with Crippen LogP contribution in [0, 0.1) is 0 Å². The molecule has 4 heteroatoms. The third kappa shape index (κ3) is 7.94. The molecule has 2 aromatic heterocycles. The van der Waals surface area contributed by atoms with Gasteiger partial charge in [-0.25, -0.2) is 15.0 Å². The fourth-order valence-corrected chi connectivity index (χ4v) is 9.78. The highest BCUT2D eigenvalue weighted by molar-refractivity contribution is 7.22. The van der Waals surface area contributed by atoms with Crippen molar-refractivity contribution in [2.75, 3.05) is 0 Å². The summed E-state index contributed by atoms with van der Waals surface area (Å²) in [5, 5.41) is 1.18. The van der Waals surface area contributed by atoms with Crippen LogP contribution in [0.4, 0.5) is 0 Å². The molecule has 302 valence electrons. The van der Waals surface area contributed by atoms with Gasteiger partial charge in [0.25, 0.3) is 0 Å². The number of rotatable bonds is 10. The van der Waals surface area contributed by atoms with E-state index in [0.29, 0.717) is 17.5 Å². The average Bonchev–Trinajstić information content (AvgIpc) is 3.81. The van der Waals surface area contributed by atoms with Crippen molar-refractivity contribution in [2.24, 2.45) is 0 Å². The van der Waals surface area contributed by atoms with Gasteiger partial charge < -0.3 is 0 Å². The summed E-state index contributed by atoms with van der Waals surface area (Å²) in [5.41, 5.74) is 16.0. The zero-order chi connectivity index (χ0) is 42.5. The standard InChI is InChI=1S/C59H45N3S/c1-3-48(40-22-10-5-11-23-40)49(4-2)58-60-57(61-59(62-58)53-38-47-32-20-21-33-52(47)63-53)46-36-34-45(35-37-46)55-51(42-26-14-7-15-27-42)39-50(41-24-12-6-13-25-41)54(43-28-16-8-17-29-43)56(55)44-30-18-9-19-31-44/h3-7,9-16,18-39H,8,17H2,1-2H3/b48-3-,49-4+. The second-order valence-electron chi connectivity index (χ2n) is 15.6. The fourth-order valence-electron chi connectivity index (χ4n) is 8.78. The first-order valence-corrected chi connectivity index (χ1v) is 22.5. The number of hydrogen-bond acceptors (Lipinski definition) is 4. The van der Waals surface area contributed by atoms with E-state index in [2.05, 4.69) is 220 Å². The normalized spacial score (nSPS) is 13.0. The van der Waals surface area contributed by atoms with Gasteiger partial charge in [-0.05, 0) is 117 Å². The molecule has 0 saturated heterocycles. The fraction of sp³-hybridized carbons (Fsp3) is 0.0678. The van der Waals surface area contributed by atoms with Crippen LogP contribution in [0.15, 0.2) is 212 Å². The highest BCUT2D eigenvalue weighted by Crippen LogP contribution is 2.49. The molecule has 2 heterocycles. The Morgan fingerprint density at radius 2 is 1.03 bits per heavy atom. The summed E-state index contributed by atoms with van der Waals surface area (Å²) in [4.78, 5) is 16.7. The van der Waals surface area contributed by atoms with Gasteiger partial charge in [-0.3, -0.25) is 0 Å². The Balaban J connectivity index is 1.19. The van der Waals surface area contributed by atoms with E-state index in [1.165, 1.54) is 54.6 Å². The van der Waals surface area contributed by atoms with Gasteiger partial charge in [0.1, 0.15) is 0 Å². The van der Waals surface area contributed by atoms with Gasteiger partial charge in [0.05, 0.1) is 4.88 Å². The second kappa shape index (κ2) is 17.8. The Kier molecular flexibility index (Phi) is 11.2. The quantitative estimate of drug-likeness (QED) is 0.129. The monoisotopic (exact) mass is 827 g/mol. The Morgan fingerprint density at radius 1 is 0.476 bits per heavy atom. The topological polar surface area (TPSA) is 38.7 Å². The molecule has 10 rings (SSSR count). The smallest absolute Gasteiger partial charge is 0.174 e. The van der Waals surface area contributed by atoms with E-state index < -0.39 is 0 Å². The molecule has 0 N–H and O–H groups in total. The van der Waals surface area contributed by atoms with Crippen molar-refractivity contribution in [2.45, 2.75) is 26.7 Å². The zero-order valence-electron chi connectivity index (χ0n) is 35.4. The van der Waals surface area contributed by atoms with Crippen molar-refractivity contribution < 1.29 is 0 Å². The maximum absolute atomic E-state index is 5.26. The van der Waals surface area contributed by atoms with Crippen LogP contribution in [-0.2, 0) is 0 Å². The van der Waals surface area contributed by atoms with Gasteiger partial charge in [0.15, 0.2) is 17.5 Å². The van der Waals surface area contributed by atoms with Gasteiger partial charge in [-0.2, -0.15) is 0 Å². The molecule has 0 radical (unpaired) electrons. The molecule has 0 fully saturated rings. The Bertz CT molecular complexity index is 3160. The lowest BCUT2D eigenvalue weighted by Crippen LogP contribution is -2.04. The molecule has 0 saturated carbocycles. The minimum atomic E-state index is 0.631. The number of aromatic nitrogens is 3. The maximum Gasteiger partial charge on any atom is 0.174 e. The first-order valence-electron chi connectivity index (χ1n) is 21.7. The average molecular weight is 828 g/mol. The summed E-state index contributed by atoms with van der Waals surface area (Å²) >= 11 is 1.71. The van der Waals surface area contributed by atoms with Crippen LogP contribution in [0.2, 0.25) is 0 Å². The van der Waals surface area contributed by atoms with Crippen LogP contribution in [0.1, 0.15) is 43.6 Å². The van der Waals surface area contributed by atoms with E-state index in [4.69, 9.17) is 15.0 Å². The van der Waals surface area contributed by atoms with Crippen molar-refractivity contribution in [3.63, 3.8) is 0 Å². The van der Waals surface area contributed by atoms with Crippen molar-refractivity contribution in [3.05, 3.63) is 229 Å². The molecule has 1 aliphatic carbocycles. The number of fused-ring (bicyclic) bond motifs is 1. The van der Waals surface area contributed by atoms with Crippen LogP contribution in [0.3, 0.4) is 0 Å². The number of benzene rings is 7. The third-order valence-electron chi connectivity index (χ3n) is 11.7. The molecule has 0 amide bonds. The molecule has 0 aliphatic heterocycles. The van der Waals surface area contributed by atoms with Gasteiger partial charge in [-0.1, -0.05) is 194 Å². The highest BCUT2D eigenvalue weighted by atomic mass is 32.1. The van der Waals surface area contributed by atoms with E-state index in [0.717, 1.165) is 51.1 Å². The van der Waals surface area contributed by atoms with Gasteiger partial charge in [0.2, 0.25) is 0 Å². The number of thiophene rings is 1. The molecule has 0 bridgehead atoms. The van der Waals surface area contributed by atoms with Crippen molar-refractivity contribution in [3.8, 4) is 66.6 Å². The molecular formula is C59H45N3S. The molecule has 0 atom stereocenters. The summed E-state index contributed by atoms with van der Waals surface area (Å²) in [5.74, 6) is 1.94. The van der Waals surface area contributed by atoms with Crippen LogP contribution in [0.25, 0.3) is 93.4 Å². The molecule has 0 spiro atoms. The van der Waals surface area contributed by atoms with Gasteiger partial charge in [0, 0.05) is 15.8 Å². The Hall–Kier alpha value is -7.53. The van der Waals surface area contributed by atoms with Gasteiger partial charge >= 0.3 is 0 Å². The highest BCUT2D eigenvalue weighted by Gasteiger charge is 2.25. The number of nitrogens with zero attached hydrogens (tertiary/aromatic N) is 3. The summed E-state index contributed by atoms with van der Waals surface area (Å²) in [7, 11) is 0. The van der Waals surface area contributed by atoms with E-state index in [1.54, 1.807) is 11.3 Å². The first kappa shape index (κ1) is 39.6. The molecule has 9 aromatic rings. The van der Waals surface area contributed by atoms with E-state index >= 15 is 0 Å². The maximum atomic E-state index is 5.26. The molecular weight excluding hydrogens is 783 g/mol. The first-order chi connectivity index (χ1) is 31.2. The van der Waals surface area contributed by atoms with Crippen molar-refractivity contribution in [1.82, 2.24) is 15.0 Å². The lowest BCUT2D eigenvalue weighted by molar-refractivity contribution is 1.04. The lowest BCUT2D eigenvalue weighted by Gasteiger charge is -2.25. The summed E-state index contributed by atoms with van der Waals surface area (Å²) < 4.78 is 1.20. The summed E-state index contributed by atoms with van der Waals surface area (Å²) in [6.07, 6.45) is 13.3. The van der Waals surface area contributed by atoms with Crippen molar-refractivity contribution >= 4 is 38.1 Å². The zero-order valence-corrected chi connectivity index (χ0v) is 36.2. The Labute approximate surface area is 373 Å². The predicted octanol–water partition coefficient (Wildman–Crippen LogP) is 16.3. The number of allylic oxidation sites excluding steroid dienone is 8. The van der Waals surface area contributed by atoms with Crippen LogP contribution in [0.5, 0.6) is 0 Å². The Morgan fingerprint density at radius 3 is 1.65 bits per heavy atom. The van der Waals surface area contributed by atoms with Crippen LogP contribution < -0.4 is 0 Å². The lowest BCUT2D eigenvalue weighted by atomic mass is 9.78. The number of hydrogen-bond donors (Lipinski definition) is 0. The van der Waals surface area contributed by atoms with E-state index in [-0.39, 0.29) is 0 Å². The minimum absolute atomic E-state index is 0.631. The predicted molar refractivity (Wildman–Crippen MR) is 268 cm³/mol. The molecule has 63 heavy (non-hydrogen) atoms. The summed E-state index contributed by atoms with van der Waals surface area (Å²) in [6.45, 7) is 4.14. The van der Waals surface area contributed by atoms with E-state index in [9.17, 15) is 0 Å². The van der Waals surface area contributed by atoms with Crippen molar-refractivity contribution in [1.29, 1.82) is 0 Å². The second-order valence-corrected chi connectivity index (χ2v) is 16.7. The van der Waals surface area contributed by atoms with Gasteiger partial charge in [-0.15, -0.1) is 11.3 Å². The largest absolute Gasteiger partial charge is 0.208 e.